The smallest absolute Gasteiger partial charge is 0.242 e. The Balaban J connectivity index is 0.0000106. The lowest BCUT2D eigenvalue weighted by molar-refractivity contribution is -0.245. The number of ketones is 2. The molecule has 0 radical (unpaired) electrons. The van der Waals surface area contributed by atoms with Crippen LogP contribution < -0.4 is 20.6 Å². The number of azo groups is 1. The van der Waals surface area contributed by atoms with Crippen molar-refractivity contribution in [2.45, 2.75) is 73.7 Å². The number of methoxy groups -OCH3 is 1. The molecule has 3 aliphatic rings. The van der Waals surface area contributed by atoms with Crippen LogP contribution in [-0.2, 0) is 59.1 Å². The minimum absolute atomic E-state index is 0. The van der Waals surface area contributed by atoms with Crippen LogP contribution in [0.25, 0.3) is 10.8 Å². The highest BCUT2D eigenvalue weighted by Gasteiger charge is 2.50. The fourth-order valence-corrected chi connectivity index (χ4v) is 11.0. The van der Waals surface area contributed by atoms with E-state index in [0.717, 1.165) is 0 Å². The molecule has 0 saturated carbocycles. The number of aliphatic hydroxyl groups is 3. The first kappa shape index (κ1) is 66.9. The number of amides is 1. The zero-order chi connectivity index (χ0) is 60.7. The van der Waals surface area contributed by atoms with Crippen molar-refractivity contribution in [3.8, 4) is 23.0 Å². The molecule has 86 heavy (non-hydrogen) atoms. The number of aliphatic hydroxyl groups excluding tert-OH is 2. The molecule has 10 N–H and O–H groups in total. The van der Waals surface area contributed by atoms with E-state index in [1.54, 1.807) is 31.2 Å². The topological polar surface area (TPSA) is 377 Å². The highest BCUT2D eigenvalue weighted by atomic mass is 35.5. The molecule has 1 heterocycles. The van der Waals surface area contributed by atoms with Gasteiger partial charge in [-0.2, -0.15) is 10.2 Å². The summed E-state index contributed by atoms with van der Waals surface area (Å²) in [5, 5.41) is 80.9. The quantitative estimate of drug-likeness (QED) is 0.00973. The number of benzene rings is 5. The minimum Gasteiger partial charge on any atom is -0.507 e. The Bertz CT molecular complexity index is 3330. The lowest BCUT2D eigenvalue weighted by Crippen LogP contribution is -2.53. The minimum atomic E-state index is -3.85. The van der Waals surface area contributed by atoms with Gasteiger partial charge in [0.2, 0.25) is 21.7 Å². The normalized spacial score (nSPS) is 20.3. The largest absolute Gasteiger partial charge is 0.507 e. The monoisotopic (exact) mass is 1240 g/mol. The first-order valence-electron chi connectivity index (χ1n) is 27.5. The van der Waals surface area contributed by atoms with Crippen LogP contribution in [0.3, 0.4) is 0 Å². The van der Waals surface area contributed by atoms with E-state index in [4.69, 9.17) is 48.4 Å². The molecule has 1 aliphatic heterocycles. The number of phenols is 3. The van der Waals surface area contributed by atoms with Gasteiger partial charge in [-0.05, 0) is 48.7 Å². The Kier molecular flexibility index (Phi) is 24.4. The van der Waals surface area contributed by atoms with Gasteiger partial charge in [0.15, 0.2) is 12.1 Å². The van der Waals surface area contributed by atoms with Crippen molar-refractivity contribution in [2.75, 3.05) is 99.5 Å². The third kappa shape index (κ3) is 16.3. The molecule has 2 aliphatic carbocycles. The molecule has 0 spiro atoms. The number of sulfonamides is 1. The molecule has 26 nitrogen and oxygen atoms in total. The van der Waals surface area contributed by atoms with E-state index in [0.29, 0.717) is 49.5 Å². The van der Waals surface area contributed by atoms with Crippen molar-refractivity contribution in [1.29, 1.82) is 0 Å². The van der Waals surface area contributed by atoms with E-state index in [1.165, 1.54) is 43.5 Å². The maximum absolute atomic E-state index is 14.1. The molecule has 5 aromatic rings. The summed E-state index contributed by atoms with van der Waals surface area (Å²) in [6.07, 6.45) is -5.60. The molecule has 1 saturated heterocycles. The number of hydrogen-bond donors (Lipinski definition) is 9. The summed E-state index contributed by atoms with van der Waals surface area (Å²) in [6, 6.07) is 20.1. The Morgan fingerprint density at radius 3 is 2.03 bits per heavy atom. The first-order valence-corrected chi connectivity index (χ1v) is 28.9. The van der Waals surface area contributed by atoms with Crippen LogP contribution in [0.1, 0.15) is 75.3 Å². The van der Waals surface area contributed by atoms with Gasteiger partial charge in [-0.1, -0.05) is 42.5 Å². The number of carbonyl (C=O) groups excluding carboxylic acids is 3. The number of nitrogens with two attached hydrogens (primary N) is 1. The van der Waals surface area contributed by atoms with Crippen LogP contribution in [-0.4, -0.2) is 192 Å². The third-order valence-electron chi connectivity index (χ3n) is 14.3. The number of hydrogen-bond acceptors (Lipinski definition) is 24. The van der Waals surface area contributed by atoms with Crippen molar-refractivity contribution in [3.63, 3.8) is 0 Å². The molecule has 5 aromatic carbocycles. The standard InChI is InChI=1S/C58H70N6O20S.ClH/c1-34-53(68)41(59)30-47(83-34)84-44-32-58(73,31-40-49(44)57(72)51-50(55(40)70)54(69)39-9-6-10-43(76-2)48(39)56(51)71)45(33-65)62-63-46(67)15-17-77-19-21-79-23-25-81-27-28-82-26-24-80-22-20-78-18-16-60-85(74,75)37-12-13-38-35(29-37)11-14-42(66)52(38)64-61-36-7-4-3-5-8-36;/h3-14,29,34,41,44,47,53,60,65-66,68,70,72-73H,15-28,30-33,59H2,1-2H3,(H,63,67);1H/b62-45+,64-61?;/t34?,41-,44+,47+,53-,58-;/m1./s1. The number of rotatable bonds is 31. The van der Waals surface area contributed by atoms with Gasteiger partial charge in [-0.25, -0.2) is 18.6 Å². The summed E-state index contributed by atoms with van der Waals surface area (Å²) < 4.78 is 79.1. The van der Waals surface area contributed by atoms with Crippen LogP contribution in [0.2, 0.25) is 0 Å². The number of nitrogens with zero attached hydrogens (tertiary/aromatic N) is 3. The lowest BCUT2D eigenvalue weighted by atomic mass is 9.71. The van der Waals surface area contributed by atoms with E-state index < -0.39 is 106 Å². The van der Waals surface area contributed by atoms with E-state index in [1.807, 2.05) is 18.2 Å². The first-order chi connectivity index (χ1) is 41.0. The average Bonchev–Trinajstić information content (AvgIpc) is 0.732. The highest BCUT2D eigenvalue weighted by molar-refractivity contribution is 7.89. The number of ether oxygens (including phenoxy) is 9. The summed E-state index contributed by atoms with van der Waals surface area (Å²) in [5.74, 6) is -3.68. The number of phenolic OH excluding ortho intramolecular Hbond substituents is 3. The number of aromatic hydroxyl groups is 3. The van der Waals surface area contributed by atoms with Gasteiger partial charge in [0.25, 0.3) is 0 Å². The molecule has 466 valence electrons. The van der Waals surface area contributed by atoms with Gasteiger partial charge in [0.1, 0.15) is 34.3 Å². The van der Waals surface area contributed by atoms with E-state index in [2.05, 4.69) is 25.5 Å². The molecule has 28 heteroatoms. The lowest BCUT2D eigenvalue weighted by Gasteiger charge is -2.43. The number of nitrogens with one attached hydrogen (secondary N) is 2. The third-order valence-corrected chi connectivity index (χ3v) is 15.7. The van der Waals surface area contributed by atoms with Crippen molar-refractivity contribution in [2.24, 2.45) is 21.1 Å². The van der Waals surface area contributed by atoms with Crippen LogP contribution >= 0.6 is 12.4 Å². The summed E-state index contributed by atoms with van der Waals surface area (Å²) in [6.45, 7) is 3.51. The maximum atomic E-state index is 14.1. The van der Waals surface area contributed by atoms with E-state index >= 15 is 0 Å². The molecule has 1 amide bonds. The second-order valence-corrected chi connectivity index (χ2v) is 21.8. The molecular formula is C58H71ClN6O20S. The molecule has 8 rings (SSSR count). The Morgan fingerprint density at radius 2 is 1.41 bits per heavy atom. The maximum Gasteiger partial charge on any atom is 0.242 e. The fourth-order valence-electron chi connectivity index (χ4n) is 9.94. The fraction of sp³-hybridized carbons (Fsp3) is 0.448. The highest BCUT2D eigenvalue weighted by Crippen LogP contribution is 2.53. The Hall–Kier alpha value is -6.64. The molecule has 6 atom stereocenters. The number of hydrazone groups is 1. The number of halogens is 1. The van der Waals surface area contributed by atoms with Crippen LogP contribution in [0.5, 0.6) is 23.0 Å². The second kappa shape index (κ2) is 31.3. The van der Waals surface area contributed by atoms with Crippen LogP contribution in [0, 0.1) is 0 Å². The summed E-state index contributed by atoms with van der Waals surface area (Å²) >= 11 is 0. The van der Waals surface area contributed by atoms with Crippen molar-refractivity contribution >= 4 is 67.8 Å². The number of fused-ring (bicyclic) bond motifs is 4. The SMILES string of the molecule is COc1cccc2c1C(=O)c1c(O)c3c(c(O)c1C2=O)C[C@](O)(/C(CO)=N/NC(=O)CCOCCOCCOCCOCCOCCOCCNS(=O)(=O)c1ccc2c(N=Nc4ccccc4)c(O)ccc2c1)C[C@@H]3O[C@H]1C[C@@H](N)[C@H](O)C(C)O1.Cl. The van der Waals surface area contributed by atoms with Gasteiger partial charge in [-0.3, -0.25) is 14.4 Å². The van der Waals surface area contributed by atoms with Crippen molar-refractivity contribution < 1.29 is 96.1 Å². The molecule has 1 fully saturated rings. The predicted molar refractivity (Wildman–Crippen MR) is 311 cm³/mol. The molecule has 1 unspecified atom stereocenters. The Labute approximate surface area is 501 Å². The van der Waals surface area contributed by atoms with Gasteiger partial charge < -0.3 is 79.0 Å². The Morgan fingerprint density at radius 1 is 0.779 bits per heavy atom. The number of carbonyl (C=O) groups is 3. The van der Waals surface area contributed by atoms with Crippen LogP contribution in [0.4, 0.5) is 11.4 Å². The average molecular weight is 1240 g/mol. The van der Waals surface area contributed by atoms with E-state index in [9.17, 15) is 53.4 Å². The van der Waals surface area contributed by atoms with Gasteiger partial charge >= 0.3 is 0 Å². The summed E-state index contributed by atoms with van der Waals surface area (Å²) in [4.78, 5) is 41.0. The summed E-state index contributed by atoms with van der Waals surface area (Å²) in [5.41, 5.74) is 5.20. The van der Waals surface area contributed by atoms with Gasteiger partial charge in [0.05, 0.1) is 151 Å². The summed E-state index contributed by atoms with van der Waals surface area (Å²) in [7, 11) is -2.54. The molecular weight excluding hydrogens is 1170 g/mol. The zero-order valence-electron chi connectivity index (χ0n) is 47.3. The van der Waals surface area contributed by atoms with Crippen molar-refractivity contribution in [1.82, 2.24) is 10.1 Å². The molecule has 0 aromatic heterocycles. The predicted octanol–water partition coefficient (Wildman–Crippen LogP) is 4.07. The second-order valence-electron chi connectivity index (χ2n) is 20.0. The zero-order valence-corrected chi connectivity index (χ0v) is 48.9. The van der Waals surface area contributed by atoms with Gasteiger partial charge in [-0.15, -0.1) is 17.5 Å². The molecule has 0 bridgehead atoms. The van der Waals surface area contributed by atoms with Crippen molar-refractivity contribution in [3.05, 3.63) is 112 Å². The van der Waals surface area contributed by atoms with Gasteiger partial charge in [0, 0.05) is 53.9 Å². The van der Waals surface area contributed by atoms with E-state index in [-0.39, 0.29) is 128 Å². The van der Waals surface area contributed by atoms with Crippen LogP contribution in [0.15, 0.2) is 99.1 Å².